The predicted octanol–water partition coefficient (Wildman–Crippen LogP) is 1.94. The fourth-order valence-electron chi connectivity index (χ4n) is 3.71. The topological polar surface area (TPSA) is 78.7 Å². The average Bonchev–Trinajstić information content (AvgIpc) is 3.26. The molecule has 2 fully saturated rings. The molecule has 7 nitrogen and oxygen atoms in total. The first-order valence-corrected chi connectivity index (χ1v) is 9.24. The lowest BCUT2D eigenvalue weighted by molar-refractivity contribution is -0.141. The summed E-state index contributed by atoms with van der Waals surface area (Å²) in [4.78, 5) is 21.2. The van der Waals surface area contributed by atoms with E-state index in [2.05, 4.69) is 11.0 Å². The van der Waals surface area contributed by atoms with E-state index < -0.39 is 0 Å². The van der Waals surface area contributed by atoms with E-state index in [1.165, 1.54) is 0 Å². The van der Waals surface area contributed by atoms with Gasteiger partial charge in [-0.25, -0.2) is 4.98 Å². The molecule has 0 bridgehead atoms. The number of benzene rings is 1. The molecule has 0 aliphatic carbocycles. The summed E-state index contributed by atoms with van der Waals surface area (Å²) < 4.78 is 10.8. The highest BCUT2D eigenvalue weighted by Gasteiger charge is 2.31. The van der Waals surface area contributed by atoms with Gasteiger partial charge in [0, 0.05) is 38.2 Å². The molecule has 3 heterocycles. The number of hydrogen-bond acceptors (Lipinski definition) is 6. The van der Waals surface area contributed by atoms with Gasteiger partial charge >= 0.3 is 0 Å². The third-order valence-electron chi connectivity index (χ3n) is 5.22. The van der Waals surface area contributed by atoms with E-state index in [1.54, 1.807) is 7.11 Å². The van der Waals surface area contributed by atoms with Gasteiger partial charge in [-0.15, -0.1) is 0 Å². The van der Waals surface area contributed by atoms with Crippen molar-refractivity contribution in [3.05, 3.63) is 29.8 Å². The van der Waals surface area contributed by atoms with Crippen LogP contribution in [0.1, 0.15) is 18.4 Å². The molecule has 0 radical (unpaired) electrons. The normalized spacial score (nSPS) is 19.9. The summed E-state index contributed by atoms with van der Waals surface area (Å²) in [5.41, 5.74) is 1.36. The molecule has 140 valence electrons. The highest BCUT2D eigenvalue weighted by molar-refractivity contribution is 5.85. The maximum Gasteiger partial charge on any atom is 0.251 e. The molecule has 0 N–H and O–H groups in total. The van der Waals surface area contributed by atoms with E-state index in [4.69, 9.17) is 14.5 Å². The van der Waals surface area contributed by atoms with E-state index in [9.17, 15) is 10.1 Å². The molecule has 1 amide bonds. The molecule has 4 rings (SSSR count). The molecule has 1 aromatic heterocycles. The summed E-state index contributed by atoms with van der Waals surface area (Å²) in [5.74, 6) is 1.51. The van der Waals surface area contributed by atoms with E-state index in [1.807, 2.05) is 29.2 Å². The van der Waals surface area contributed by atoms with Gasteiger partial charge in [-0.2, -0.15) is 5.26 Å². The number of nitrogens with zero attached hydrogens (tertiary/aromatic N) is 4. The zero-order valence-corrected chi connectivity index (χ0v) is 15.4. The molecule has 2 aromatic rings. The zero-order valence-electron chi connectivity index (χ0n) is 15.4. The van der Waals surface area contributed by atoms with Gasteiger partial charge < -0.3 is 19.3 Å². The minimum absolute atomic E-state index is 0.0891. The number of piperazine rings is 1. The fraction of sp³-hybridized carbons (Fsp3) is 0.450. The Balaban J connectivity index is 1.53. The van der Waals surface area contributed by atoms with Crippen molar-refractivity contribution in [3.63, 3.8) is 0 Å². The largest absolute Gasteiger partial charge is 0.497 e. The van der Waals surface area contributed by atoms with E-state index in [-0.39, 0.29) is 12.0 Å². The van der Waals surface area contributed by atoms with Crippen LogP contribution < -0.4 is 9.64 Å². The lowest BCUT2D eigenvalue weighted by Gasteiger charge is -2.36. The quantitative estimate of drug-likeness (QED) is 0.826. The molecule has 1 aromatic carbocycles. The summed E-state index contributed by atoms with van der Waals surface area (Å²) in [6.07, 6.45) is 1.49. The maximum atomic E-state index is 12.5. The Morgan fingerprint density at radius 2 is 2.11 bits per heavy atom. The minimum atomic E-state index is -0.278. The number of hydrogen-bond donors (Lipinski definition) is 0. The monoisotopic (exact) mass is 366 g/mol. The molecule has 7 heteroatoms. The number of anilines is 1. The summed E-state index contributed by atoms with van der Waals surface area (Å²) >= 11 is 0. The first-order valence-electron chi connectivity index (χ1n) is 9.24. The Morgan fingerprint density at radius 1 is 1.30 bits per heavy atom. The Morgan fingerprint density at radius 3 is 2.78 bits per heavy atom. The number of rotatable bonds is 3. The molecule has 0 spiro atoms. The number of carbonyl (C=O) groups is 1. The van der Waals surface area contributed by atoms with Crippen molar-refractivity contribution in [2.45, 2.75) is 18.9 Å². The number of aromatic nitrogens is 1. The van der Waals surface area contributed by atoms with E-state index in [0.717, 1.165) is 29.5 Å². The smallest absolute Gasteiger partial charge is 0.251 e. The lowest BCUT2D eigenvalue weighted by atomic mass is 10.1. The number of fused-ring (bicyclic) bond motifs is 1. The summed E-state index contributed by atoms with van der Waals surface area (Å²) in [6.45, 7) is 3.22. The van der Waals surface area contributed by atoms with Crippen LogP contribution in [-0.4, -0.2) is 61.8 Å². The first kappa shape index (κ1) is 17.6. The van der Waals surface area contributed by atoms with Crippen LogP contribution >= 0.6 is 0 Å². The zero-order chi connectivity index (χ0) is 18.8. The Hall–Kier alpha value is -2.85. The van der Waals surface area contributed by atoms with Crippen molar-refractivity contribution in [3.8, 4) is 11.8 Å². The number of carbonyl (C=O) groups excluding carboxylic acids is 1. The van der Waals surface area contributed by atoms with Crippen LogP contribution in [0.2, 0.25) is 0 Å². The molecular formula is C20H22N4O3. The standard InChI is InChI=1S/C20H22N4O3/c1-26-16-4-5-17-14(12-16)11-15(13-21)19(22-17)23-6-8-24(9-7-23)20(25)18-3-2-10-27-18/h4-5,11-12,18H,2-3,6-10H2,1H3. The lowest BCUT2D eigenvalue weighted by Crippen LogP contribution is -2.51. The second-order valence-corrected chi connectivity index (χ2v) is 6.84. The summed E-state index contributed by atoms with van der Waals surface area (Å²) in [5, 5.41) is 10.5. The van der Waals surface area contributed by atoms with Gasteiger partial charge in [-0.1, -0.05) is 0 Å². The highest BCUT2D eigenvalue weighted by atomic mass is 16.5. The van der Waals surface area contributed by atoms with Gasteiger partial charge in [0.2, 0.25) is 0 Å². The molecular weight excluding hydrogens is 344 g/mol. The Labute approximate surface area is 158 Å². The third kappa shape index (κ3) is 3.40. The van der Waals surface area contributed by atoms with Crippen LogP contribution in [0.15, 0.2) is 24.3 Å². The van der Waals surface area contributed by atoms with Gasteiger partial charge in [-0.3, -0.25) is 4.79 Å². The van der Waals surface area contributed by atoms with Crippen LogP contribution in [0.4, 0.5) is 5.82 Å². The van der Waals surface area contributed by atoms with E-state index >= 15 is 0 Å². The van der Waals surface area contributed by atoms with Crippen molar-refractivity contribution >= 4 is 22.6 Å². The van der Waals surface area contributed by atoms with Crippen molar-refractivity contribution in [2.24, 2.45) is 0 Å². The van der Waals surface area contributed by atoms with Crippen LogP contribution in [0, 0.1) is 11.3 Å². The van der Waals surface area contributed by atoms with Crippen LogP contribution in [0.25, 0.3) is 10.9 Å². The SMILES string of the molecule is COc1ccc2nc(N3CCN(C(=O)C4CCCO4)CC3)c(C#N)cc2c1. The summed E-state index contributed by atoms with van der Waals surface area (Å²) in [6, 6.07) is 9.75. The Bertz CT molecular complexity index is 894. The molecule has 2 aliphatic heterocycles. The molecule has 2 saturated heterocycles. The highest BCUT2D eigenvalue weighted by Crippen LogP contribution is 2.27. The molecule has 0 saturated carbocycles. The van der Waals surface area contributed by atoms with Crippen molar-refractivity contribution in [2.75, 3.05) is 44.8 Å². The minimum Gasteiger partial charge on any atom is -0.497 e. The average molecular weight is 366 g/mol. The predicted molar refractivity (Wildman–Crippen MR) is 101 cm³/mol. The second-order valence-electron chi connectivity index (χ2n) is 6.84. The number of pyridine rings is 1. The first-order chi connectivity index (χ1) is 13.2. The molecule has 2 aliphatic rings. The summed E-state index contributed by atoms with van der Waals surface area (Å²) in [7, 11) is 1.62. The fourth-order valence-corrected chi connectivity index (χ4v) is 3.71. The van der Waals surface area contributed by atoms with E-state index in [0.29, 0.717) is 44.2 Å². The third-order valence-corrected chi connectivity index (χ3v) is 5.22. The van der Waals surface area contributed by atoms with Gasteiger partial charge in [0.15, 0.2) is 0 Å². The van der Waals surface area contributed by atoms with Gasteiger partial charge in [-0.05, 0) is 37.1 Å². The number of nitriles is 1. The van der Waals surface area contributed by atoms with Crippen LogP contribution in [0.5, 0.6) is 5.75 Å². The number of ether oxygens (including phenoxy) is 2. The molecule has 1 atom stereocenters. The van der Waals surface area contributed by atoms with Gasteiger partial charge in [0.25, 0.3) is 5.91 Å². The molecule has 1 unspecified atom stereocenters. The number of methoxy groups -OCH3 is 1. The van der Waals surface area contributed by atoms with Crippen LogP contribution in [0.3, 0.4) is 0 Å². The van der Waals surface area contributed by atoms with Crippen molar-refractivity contribution in [1.29, 1.82) is 5.26 Å². The van der Waals surface area contributed by atoms with Crippen molar-refractivity contribution in [1.82, 2.24) is 9.88 Å². The van der Waals surface area contributed by atoms with Crippen molar-refractivity contribution < 1.29 is 14.3 Å². The van der Waals surface area contributed by atoms with Gasteiger partial charge in [0.1, 0.15) is 23.7 Å². The Kier molecular flexibility index (Phi) is 4.82. The van der Waals surface area contributed by atoms with Crippen LogP contribution in [-0.2, 0) is 9.53 Å². The maximum absolute atomic E-state index is 12.5. The van der Waals surface area contributed by atoms with Gasteiger partial charge in [0.05, 0.1) is 18.2 Å². The number of amides is 1. The second kappa shape index (κ2) is 7.41. The molecule has 27 heavy (non-hydrogen) atoms.